The fourth-order valence-electron chi connectivity index (χ4n) is 0.891. The minimum Gasteiger partial charge on any atom is -0.386 e. The Labute approximate surface area is 88.6 Å². The molecule has 0 heterocycles. The van der Waals surface area contributed by atoms with Gasteiger partial charge in [-0.05, 0) is 6.42 Å². The Balaban J connectivity index is 3.05. The standard InChI is InChI=1S/C9H19F2NO3/c1-14-4-2-5-15-6-3-12-7-8(13)9(10)11/h8-9,12-13H,2-7H2,1H3. The van der Waals surface area contributed by atoms with E-state index in [9.17, 15) is 8.78 Å². The van der Waals surface area contributed by atoms with Gasteiger partial charge in [0.05, 0.1) is 6.61 Å². The number of aliphatic hydroxyl groups is 1. The second-order valence-corrected chi connectivity index (χ2v) is 3.06. The molecular weight excluding hydrogens is 208 g/mol. The lowest BCUT2D eigenvalue weighted by atomic mass is 10.4. The second kappa shape index (κ2) is 10.2. The van der Waals surface area contributed by atoms with Crippen molar-refractivity contribution in [2.45, 2.75) is 19.0 Å². The van der Waals surface area contributed by atoms with Crippen LogP contribution >= 0.6 is 0 Å². The first-order valence-corrected chi connectivity index (χ1v) is 4.92. The van der Waals surface area contributed by atoms with Gasteiger partial charge in [-0.25, -0.2) is 8.78 Å². The minimum atomic E-state index is -2.69. The molecule has 0 saturated heterocycles. The van der Waals surface area contributed by atoms with E-state index in [1.54, 1.807) is 7.11 Å². The molecule has 0 aromatic rings. The van der Waals surface area contributed by atoms with Crippen LogP contribution in [0.25, 0.3) is 0 Å². The van der Waals surface area contributed by atoms with Crippen molar-refractivity contribution < 1.29 is 23.4 Å². The average Bonchev–Trinajstić information content (AvgIpc) is 2.21. The maximum absolute atomic E-state index is 11.8. The van der Waals surface area contributed by atoms with Crippen LogP contribution in [0.4, 0.5) is 8.78 Å². The van der Waals surface area contributed by atoms with Crippen LogP contribution in [0.15, 0.2) is 0 Å². The van der Waals surface area contributed by atoms with Crippen molar-refractivity contribution in [3.8, 4) is 0 Å². The molecule has 1 unspecified atom stereocenters. The van der Waals surface area contributed by atoms with Crippen molar-refractivity contribution in [3.05, 3.63) is 0 Å². The summed E-state index contributed by atoms with van der Waals surface area (Å²) in [5.74, 6) is 0. The zero-order chi connectivity index (χ0) is 11.5. The Hall–Kier alpha value is -0.300. The van der Waals surface area contributed by atoms with E-state index in [1.807, 2.05) is 0 Å². The van der Waals surface area contributed by atoms with Crippen molar-refractivity contribution in [1.82, 2.24) is 5.32 Å². The summed E-state index contributed by atoms with van der Waals surface area (Å²) in [5.41, 5.74) is 0. The summed E-state index contributed by atoms with van der Waals surface area (Å²) in [4.78, 5) is 0. The number of hydrogen-bond donors (Lipinski definition) is 2. The largest absolute Gasteiger partial charge is 0.386 e. The maximum atomic E-state index is 11.8. The van der Waals surface area contributed by atoms with E-state index in [2.05, 4.69) is 5.32 Å². The highest BCUT2D eigenvalue weighted by atomic mass is 19.3. The zero-order valence-corrected chi connectivity index (χ0v) is 8.92. The van der Waals surface area contributed by atoms with Crippen LogP contribution in [0.3, 0.4) is 0 Å². The van der Waals surface area contributed by atoms with Gasteiger partial charge in [-0.3, -0.25) is 0 Å². The first-order valence-electron chi connectivity index (χ1n) is 4.92. The lowest BCUT2D eigenvalue weighted by Crippen LogP contribution is -2.33. The number of aliphatic hydroxyl groups excluding tert-OH is 1. The van der Waals surface area contributed by atoms with Gasteiger partial charge in [0.25, 0.3) is 6.43 Å². The van der Waals surface area contributed by atoms with Crippen LogP contribution in [0.5, 0.6) is 0 Å². The Morgan fingerprint density at radius 2 is 2.00 bits per heavy atom. The second-order valence-electron chi connectivity index (χ2n) is 3.06. The number of alkyl halides is 2. The van der Waals surface area contributed by atoms with E-state index in [-0.39, 0.29) is 6.54 Å². The van der Waals surface area contributed by atoms with E-state index in [0.717, 1.165) is 6.42 Å². The third-order valence-electron chi connectivity index (χ3n) is 1.70. The van der Waals surface area contributed by atoms with Gasteiger partial charge in [-0.15, -0.1) is 0 Å². The Morgan fingerprint density at radius 3 is 2.60 bits per heavy atom. The Bertz CT molecular complexity index is 139. The first kappa shape index (κ1) is 14.7. The number of rotatable bonds is 10. The molecular formula is C9H19F2NO3. The highest BCUT2D eigenvalue weighted by Gasteiger charge is 2.15. The van der Waals surface area contributed by atoms with Crippen molar-refractivity contribution in [2.75, 3.05) is 40.0 Å². The van der Waals surface area contributed by atoms with Crippen LogP contribution in [0, 0.1) is 0 Å². The van der Waals surface area contributed by atoms with Crippen LogP contribution < -0.4 is 5.32 Å². The monoisotopic (exact) mass is 227 g/mol. The Morgan fingerprint density at radius 1 is 1.27 bits per heavy atom. The molecule has 1 atom stereocenters. The minimum absolute atomic E-state index is 0.112. The molecule has 92 valence electrons. The molecule has 0 bridgehead atoms. The van der Waals surface area contributed by atoms with E-state index < -0.39 is 12.5 Å². The molecule has 0 fully saturated rings. The van der Waals surface area contributed by atoms with E-state index in [4.69, 9.17) is 14.6 Å². The average molecular weight is 227 g/mol. The molecule has 0 aromatic heterocycles. The highest BCUT2D eigenvalue weighted by molar-refractivity contribution is 4.60. The smallest absolute Gasteiger partial charge is 0.265 e. The van der Waals surface area contributed by atoms with Gasteiger partial charge in [-0.2, -0.15) is 0 Å². The summed E-state index contributed by atoms with van der Waals surface area (Å²) in [7, 11) is 1.62. The van der Waals surface area contributed by atoms with Gasteiger partial charge in [0, 0.05) is 33.4 Å². The maximum Gasteiger partial charge on any atom is 0.265 e. The first-order chi connectivity index (χ1) is 7.18. The molecule has 2 N–H and O–H groups in total. The summed E-state index contributed by atoms with van der Waals surface area (Å²) in [6.07, 6.45) is -3.48. The van der Waals surface area contributed by atoms with Crippen molar-refractivity contribution in [3.63, 3.8) is 0 Å². The third kappa shape index (κ3) is 9.99. The van der Waals surface area contributed by atoms with Gasteiger partial charge in [0.15, 0.2) is 0 Å². The number of hydrogen-bond acceptors (Lipinski definition) is 4. The van der Waals surface area contributed by atoms with E-state index in [0.29, 0.717) is 26.4 Å². The summed E-state index contributed by atoms with van der Waals surface area (Å²) < 4.78 is 33.6. The number of ether oxygens (including phenoxy) is 2. The van der Waals surface area contributed by atoms with Gasteiger partial charge < -0.3 is 19.9 Å². The molecule has 0 radical (unpaired) electrons. The molecule has 0 amide bonds. The van der Waals surface area contributed by atoms with Crippen LogP contribution in [-0.4, -0.2) is 57.7 Å². The van der Waals surface area contributed by atoms with Crippen molar-refractivity contribution >= 4 is 0 Å². The van der Waals surface area contributed by atoms with Gasteiger partial charge in [0.1, 0.15) is 6.10 Å². The number of nitrogens with one attached hydrogen (secondary N) is 1. The van der Waals surface area contributed by atoms with E-state index in [1.165, 1.54) is 0 Å². The van der Waals surface area contributed by atoms with Crippen molar-refractivity contribution in [2.24, 2.45) is 0 Å². The molecule has 4 nitrogen and oxygen atoms in total. The molecule has 0 saturated carbocycles. The molecule has 0 aliphatic heterocycles. The number of methoxy groups -OCH3 is 1. The highest BCUT2D eigenvalue weighted by Crippen LogP contribution is 1.97. The zero-order valence-electron chi connectivity index (χ0n) is 8.92. The molecule has 6 heteroatoms. The predicted molar refractivity (Wildman–Crippen MR) is 52.2 cm³/mol. The molecule has 0 spiro atoms. The lowest BCUT2D eigenvalue weighted by molar-refractivity contribution is -0.00422. The molecule has 15 heavy (non-hydrogen) atoms. The van der Waals surface area contributed by atoms with Crippen molar-refractivity contribution in [1.29, 1.82) is 0 Å². The van der Waals surface area contributed by atoms with Crippen LogP contribution in [0.2, 0.25) is 0 Å². The summed E-state index contributed by atoms with van der Waals surface area (Å²) >= 11 is 0. The quantitative estimate of drug-likeness (QED) is 0.525. The lowest BCUT2D eigenvalue weighted by Gasteiger charge is -2.10. The summed E-state index contributed by atoms with van der Waals surface area (Å²) in [6.45, 7) is 2.03. The fourth-order valence-corrected chi connectivity index (χ4v) is 0.891. The molecule has 0 aliphatic rings. The topological polar surface area (TPSA) is 50.7 Å². The third-order valence-corrected chi connectivity index (χ3v) is 1.70. The van der Waals surface area contributed by atoms with Gasteiger partial charge >= 0.3 is 0 Å². The summed E-state index contributed by atoms with van der Waals surface area (Å²) in [5, 5.41) is 11.4. The van der Waals surface area contributed by atoms with Gasteiger partial charge in [0.2, 0.25) is 0 Å². The molecule has 0 aliphatic carbocycles. The van der Waals surface area contributed by atoms with E-state index >= 15 is 0 Å². The van der Waals surface area contributed by atoms with Crippen LogP contribution in [-0.2, 0) is 9.47 Å². The number of halogens is 2. The van der Waals surface area contributed by atoms with Crippen LogP contribution in [0.1, 0.15) is 6.42 Å². The van der Waals surface area contributed by atoms with Gasteiger partial charge in [-0.1, -0.05) is 0 Å². The molecule has 0 aromatic carbocycles. The normalized spacial score (nSPS) is 13.4. The summed E-state index contributed by atoms with van der Waals surface area (Å²) in [6, 6.07) is 0. The predicted octanol–water partition coefficient (Wildman–Crippen LogP) is 0.255. The Kier molecular flexibility index (Phi) is 10.0. The molecule has 0 rings (SSSR count). The fraction of sp³-hybridized carbons (Fsp3) is 1.00. The SMILES string of the molecule is COCCCOCCNCC(O)C(F)F.